The molecule has 2 fully saturated rings. The molecule has 2 nitrogen and oxygen atoms in total. The normalized spacial score (nSPS) is 34.2. The van der Waals surface area contributed by atoms with Gasteiger partial charge < -0.3 is 9.47 Å². The predicted octanol–water partition coefficient (Wildman–Crippen LogP) is 2.15. The van der Waals surface area contributed by atoms with E-state index in [-0.39, 0.29) is 5.60 Å². The van der Waals surface area contributed by atoms with Gasteiger partial charge in [0.05, 0.1) is 11.7 Å². The van der Waals surface area contributed by atoms with Crippen molar-refractivity contribution in [3.05, 3.63) is 0 Å². The molecular formula is C9H15IO2. The van der Waals surface area contributed by atoms with Crippen molar-refractivity contribution >= 4 is 22.6 Å². The lowest BCUT2D eigenvalue weighted by molar-refractivity contribution is -0.0971. The summed E-state index contributed by atoms with van der Waals surface area (Å²) in [6.45, 7) is 1.79. The second kappa shape index (κ2) is 3.80. The number of alkyl halides is 1. The molecule has 0 aromatic rings. The molecule has 12 heavy (non-hydrogen) atoms. The maximum atomic E-state index is 6.05. The van der Waals surface area contributed by atoms with Crippen LogP contribution < -0.4 is 0 Å². The standard InChI is InChI=1S/C9H15IO2/c10-7-8-1-2-9(12-8)3-5-11-6-4-9/h8H,1-7H2. The van der Waals surface area contributed by atoms with Crippen molar-refractivity contribution in [2.75, 3.05) is 17.6 Å². The Balaban J connectivity index is 1.94. The SMILES string of the molecule is ICC1CCC2(CCOCC2)O1. The van der Waals surface area contributed by atoms with Crippen LogP contribution in [0.15, 0.2) is 0 Å². The molecule has 70 valence electrons. The van der Waals surface area contributed by atoms with Crippen molar-refractivity contribution < 1.29 is 9.47 Å². The lowest BCUT2D eigenvalue weighted by Gasteiger charge is -2.33. The molecule has 1 unspecified atom stereocenters. The largest absolute Gasteiger partial charge is 0.381 e. The van der Waals surface area contributed by atoms with E-state index < -0.39 is 0 Å². The summed E-state index contributed by atoms with van der Waals surface area (Å²) in [6.07, 6.45) is 5.25. The number of hydrogen-bond donors (Lipinski definition) is 0. The van der Waals surface area contributed by atoms with E-state index in [4.69, 9.17) is 9.47 Å². The molecule has 0 amide bonds. The summed E-state index contributed by atoms with van der Waals surface area (Å²) in [7, 11) is 0. The average molecular weight is 282 g/mol. The highest BCUT2D eigenvalue weighted by Gasteiger charge is 2.40. The van der Waals surface area contributed by atoms with Gasteiger partial charge in [-0.2, -0.15) is 0 Å². The highest BCUT2D eigenvalue weighted by Crippen LogP contribution is 2.38. The number of rotatable bonds is 1. The fraction of sp³-hybridized carbons (Fsp3) is 1.00. The maximum absolute atomic E-state index is 6.05. The summed E-state index contributed by atoms with van der Waals surface area (Å²) in [5.41, 5.74) is 0.216. The van der Waals surface area contributed by atoms with Gasteiger partial charge >= 0.3 is 0 Å². The van der Waals surface area contributed by atoms with E-state index in [1.54, 1.807) is 0 Å². The fourth-order valence-electron chi connectivity index (χ4n) is 2.12. The predicted molar refractivity (Wildman–Crippen MR) is 55.8 cm³/mol. The Hall–Kier alpha value is 0.650. The quantitative estimate of drug-likeness (QED) is 0.542. The third-order valence-electron chi connectivity index (χ3n) is 2.91. The van der Waals surface area contributed by atoms with E-state index in [0.717, 1.165) is 30.5 Å². The van der Waals surface area contributed by atoms with Crippen LogP contribution in [0.25, 0.3) is 0 Å². The van der Waals surface area contributed by atoms with E-state index >= 15 is 0 Å². The Morgan fingerprint density at radius 3 is 2.58 bits per heavy atom. The van der Waals surface area contributed by atoms with Crippen molar-refractivity contribution in [3.8, 4) is 0 Å². The molecule has 2 saturated heterocycles. The Kier molecular flexibility index (Phi) is 2.92. The first-order valence-corrected chi connectivity index (χ1v) is 6.19. The molecule has 0 aromatic heterocycles. The summed E-state index contributed by atoms with van der Waals surface area (Å²) in [6, 6.07) is 0. The molecule has 0 radical (unpaired) electrons. The molecule has 1 atom stereocenters. The van der Waals surface area contributed by atoms with Crippen LogP contribution in [0.5, 0.6) is 0 Å². The van der Waals surface area contributed by atoms with Crippen LogP contribution in [0.3, 0.4) is 0 Å². The molecule has 0 N–H and O–H groups in total. The second-order valence-corrected chi connectivity index (χ2v) is 4.61. The van der Waals surface area contributed by atoms with Gasteiger partial charge in [-0.1, -0.05) is 22.6 Å². The lowest BCUT2D eigenvalue weighted by atomic mass is 9.91. The van der Waals surface area contributed by atoms with Crippen LogP contribution in [0.1, 0.15) is 25.7 Å². The van der Waals surface area contributed by atoms with Crippen LogP contribution in [0.2, 0.25) is 0 Å². The van der Waals surface area contributed by atoms with Crippen LogP contribution in [0, 0.1) is 0 Å². The van der Waals surface area contributed by atoms with Gasteiger partial charge in [-0.3, -0.25) is 0 Å². The van der Waals surface area contributed by atoms with E-state index in [2.05, 4.69) is 22.6 Å². The summed E-state index contributed by atoms with van der Waals surface area (Å²) >= 11 is 2.41. The van der Waals surface area contributed by atoms with Crippen LogP contribution in [-0.2, 0) is 9.47 Å². The summed E-state index contributed by atoms with van der Waals surface area (Å²) in [5.74, 6) is 0. The summed E-state index contributed by atoms with van der Waals surface area (Å²) < 4.78 is 12.5. The summed E-state index contributed by atoms with van der Waals surface area (Å²) in [5, 5.41) is 0. The van der Waals surface area contributed by atoms with Crippen LogP contribution in [0.4, 0.5) is 0 Å². The average Bonchev–Trinajstić information content (AvgIpc) is 2.50. The molecule has 1 spiro atoms. The summed E-state index contributed by atoms with van der Waals surface area (Å²) in [4.78, 5) is 0. The topological polar surface area (TPSA) is 18.5 Å². The molecule has 2 heterocycles. The first kappa shape index (κ1) is 9.21. The van der Waals surface area contributed by atoms with E-state index in [1.165, 1.54) is 12.8 Å². The Morgan fingerprint density at radius 2 is 2.00 bits per heavy atom. The van der Waals surface area contributed by atoms with Gasteiger partial charge in [-0.05, 0) is 25.7 Å². The van der Waals surface area contributed by atoms with Crippen molar-refractivity contribution in [1.29, 1.82) is 0 Å². The maximum Gasteiger partial charge on any atom is 0.0731 e. The third-order valence-corrected chi connectivity index (χ3v) is 3.90. The molecule has 3 heteroatoms. The van der Waals surface area contributed by atoms with Crippen molar-refractivity contribution in [2.45, 2.75) is 37.4 Å². The minimum atomic E-state index is 0.216. The highest BCUT2D eigenvalue weighted by atomic mass is 127. The van der Waals surface area contributed by atoms with Crippen molar-refractivity contribution in [2.24, 2.45) is 0 Å². The Labute approximate surface area is 87.1 Å². The zero-order valence-electron chi connectivity index (χ0n) is 7.22. The minimum absolute atomic E-state index is 0.216. The molecule has 0 saturated carbocycles. The fourth-order valence-corrected chi connectivity index (χ4v) is 2.74. The first-order valence-electron chi connectivity index (χ1n) is 4.66. The van der Waals surface area contributed by atoms with Crippen LogP contribution in [-0.4, -0.2) is 29.3 Å². The van der Waals surface area contributed by atoms with Gasteiger partial charge in [-0.15, -0.1) is 0 Å². The molecular weight excluding hydrogens is 267 g/mol. The van der Waals surface area contributed by atoms with E-state index in [1.807, 2.05) is 0 Å². The third kappa shape index (κ3) is 1.77. The van der Waals surface area contributed by atoms with Gasteiger partial charge in [0.25, 0.3) is 0 Å². The molecule has 0 aliphatic carbocycles. The van der Waals surface area contributed by atoms with E-state index in [9.17, 15) is 0 Å². The number of hydrogen-bond acceptors (Lipinski definition) is 2. The zero-order chi connectivity index (χ0) is 8.44. The highest BCUT2D eigenvalue weighted by molar-refractivity contribution is 14.1. The van der Waals surface area contributed by atoms with Crippen molar-refractivity contribution in [1.82, 2.24) is 0 Å². The number of ether oxygens (including phenoxy) is 2. The first-order chi connectivity index (χ1) is 5.85. The van der Waals surface area contributed by atoms with Gasteiger partial charge in [-0.25, -0.2) is 0 Å². The van der Waals surface area contributed by atoms with Crippen molar-refractivity contribution in [3.63, 3.8) is 0 Å². The molecule has 0 bridgehead atoms. The van der Waals surface area contributed by atoms with Gasteiger partial charge in [0.2, 0.25) is 0 Å². The van der Waals surface area contributed by atoms with Gasteiger partial charge in [0.15, 0.2) is 0 Å². The molecule has 2 aliphatic heterocycles. The Bertz CT molecular complexity index is 155. The smallest absolute Gasteiger partial charge is 0.0731 e. The van der Waals surface area contributed by atoms with Gasteiger partial charge in [0.1, 0.15) is 0 Å². The number of halogens is 1. The van der Waals surface area contributed by atoms with Crippen LogP contribution >= 0.6 is 22.6 Å². The molecule has 2 rings (SSSR count). The second-order valence-electron chi connectivity index (χ2n) is 3.73. The Morgan fingerprint density at radius 1 is 1.25 bits per heavy atom. The molecule has 2 aliphatic rings. The van der Waals surface area contributed by atoms with E-state index in [0.29, 0.717) is 6.10 Å². The lowest BCUT2D eigenvalue weighted by Crippen LogP contribution is -2.36. The minimum Gasteiger partial charge on any atom is -0.381 e. The zero-order valence-corrected chi connectivity index (χ0v) is 9.38. The monoisotopic (exact) mass is 282 g/mol. The van der Waals surface area contributed by atoms with Gasteiger partial charge in [0, 0.05) is 17.6 Å². The molecule has 0 aromatic carbocycles.